The highest BCUT2D eigenvalue weighted by atomic mass is 16.3. The summed E-state index contributed by atoms with van der Waals surface area (Å²) < 4.78 is 0. The van der Waals surface area contributed by atoms with Gasteiger partial charge < -0.3 is 10.4 Å². The van der Waals surface area contributed by atoms with Crippen molar-refractivity contribution < 1.29 is 9.90 Å². The number of aryl methyl sites for hydroxylation is 1. The normalized spacial score (nSPS) is 11.7. The lowest BCUT2D eigenvalue weighted by Crippen LogP contribution is -2.47. The summed E-state index contributed by atoms with van der Waals surface area (Å²) in [6.45, 7) is 6.22. The average Bonchev–Trinajstić information content (AvgIpc) is 2.41. The van der Waals surface area contributed by atoms with Gasteiger partial charge in [-0.05, 0) is 45.0 Å². The van der Waals surface area contributed by atoms with Gasteiger partial charge in [0, 0.05) is 11.2 Å². The molecule has 1 aromatic carbocycles. The van der Waals surface area contributed by atoms with Gasteiger partial charge >= 0.3 is 0 Å². The molecule has 1 amide bonds. The van der Waals surface area contributed by atoms with Crippen LogP contribution in [0.3, 0.4) is 0 Å². The minimum absolute atomic E-state index is 0.0164. The molecule has 1 aromatic rings. The van der Waals surface area contributed by atoms with E-state index in [4.69, 9.17) is 0 Å². The number of nitrogens with one attached hydrogen (secondary N) is 1. The Kier molecular flexibility index (Phi) is 6.17. The van der Waals surface area contributed by atoms with E-state index in [1.807, 2.05) is 50.1 Å². The van der Waals surface area contributed by atoms with Crippen molar-refractivity contribution in [1.82, 2.24) is 4.90 Å². The first kappa shape index (κ1) is 16.7. The fourth-order valence-electron chi connectivity index (χ4n) is 1.79. The molecule has 0 aliphatic rings. The van der Waals surface area contributed by atoms with Gasteiger partial charge in [0.1, 0.15) is 0 Å². The number of carbonyl (C=O) groups excluding carboxylic acids is 1. The molecule has 112 valence electrons. The van der Waals surface area contributed by atoms with Crippen molar-refractivity contribution in [3.05, 3.63) is 29.8 Å². The van der Waals surface area contributed by atoms with Gasteiger partial charge in [-0.2, -0.15) is 0 Å². The third-order valence-corrected chi connectivity index (χ3v) is 3.58. The Balaban J connectivity index is 2.54. The molecular weight excluding hydrogens is 252 g/mol. The number of likely N-dealkylation sites (N-methyl/N-ethyl adjacent to an activating group) is 1. The predicted molar refractivity (Wildman–Crippen MR) is 82.9 cm³/mol. The Morgan fingerprint density at radius 3 is 2.40 bits per heavy atom. The molecule has 0 bridgehead atoms. The van der Waals surface area contributed by atoms with Gasteiger partial charge in [0.25, 0.3) is 0 Å². The van der Waals surface area contributed by atoms with Crippen molar-refractivity contribution in [3.8, 4) is 0 Å². The molecule has 0 aromatic heterocycles. The van der Waals surface area contributed by atoms with Gasteiger partial charge in [0.05, 0.1) is 13.2 Å². The molecule has 0 radical (unpaired) electrons. The van der Waals surface area contributed by atoms with Crippen LogP contribution in [0, 0.1) is 0 Å². The molecule has 0 aliphatic heterocycles. The second-order valence-corrected chi connectivity index (χ2v) is 5.82. The summed E-state index contributed by atoms with van der Waals surface area (Å²) in [6.07, 6.45) is 2.17. The minimum Gasteiger partial charge on any atom is -0.394 e. The standard InChI is InChI=1S/C16H26N2O2/c1-5-6-13-7-9-14(10-8-13)17-15(20)11-18(4)16(2,3)12-19/h7-10,19H,5-6,11-12H2,1-4H3,(H,17,20). The lowest BCUT2D eigenvalue weighted by molar-refractivity contribution is -0.118. The van der Waals surface area contributed by atoms with E-state index in [-0.39, 0.29) is 19.1 Å². The number of benzene rings is 1. The molecule has 0 spiro atoms. The lowest BCUT2D eigenvalue weighted by atomic mass is 10.1. The average molecular weight is 278 g/mol. The van der Waals surface area contributed by atoms with Crippen LogP contribution in [0.15, 0.2) is 24.3 Å². The maximum Gasteiger partial charge on any atom is 0.238 e. The summed E-state index contributed by atoms with van der Waals surface area (Å²) in [6, 6.07) is 7.95. The van der Waals surface area contributed by atoms with Crippen molar-refractivity contribution >= 4 is 11.6 Å². The van der Waals surface area contributed by atoms with Crippen LogP contribution in [-0.2, 0) is 11.2 Å². The Bertz CT molecular complexity index is 427. The molecule has 1 rings (SSSR count). The number of aliphatic hydroxyl groups excluding tert-OH is 1. The van der Waals surface area contributed by atoms with E-state index in [9.17, 15) is 9.90 Å². The molecule has 0 unspecified atom stereocenters. The Hall–Kier alpha value is -1.39. The van der Waals surface area contributed by atoms with Gasteiger partial charge in [-0.25, -0.2) is 0 Å². The second kappa shape index (κ2) is 7.41. The summed E-state index contributed by atoms with van der Waals surface area (Å²) in [7, 11) is 1.83. The summed E-state index contributed by atoms with van der Waals surface area (Å²) in [5, 5.41) is 12.2. The van der Waals surface area contributed by atoms with E-state index >= 15 is 0 Å². The third-order valence-electron chi connectivity index (χ3n) is 3.58. The van der Waals surface area contributed by atoms with Crippen molar-refractivity contribution in [2.24, 2.45) is 0 Å². The van der Waals surface area contributed by atoms with E-state index in [1.165, 1.54) is 5.56 Å². The maximum atomic E-state index is 12.0. The first-order valence-corrected chi connectivity index (χ1v) is 7.10. The summed E-state index contributed by atoms with van der Waals surface area (Å²) in [4.78, 5) is 13.8. The van der Waals surface area contributed by atoms with Crippen molar-refractivity contribution in [2.45, 2.75) is 39.2 Å². The van der Waals surface area contributed by atoms with Crippen LogP contribution in [0.25, 0.3) is 0 Å². The van der Waals surface area contributed by atoms with Gasteiger partial charge in [0.2, 0.25) is 5.91 Å². The number of nitrogens with zero attached hydrogens (tertiary/aromatic N) is 1. The molecule has 0 saturated heterocycles. The summed E-state index contributed by atoms with van der Waals surface area (Å²) >= 11 is 0. The lowest BCUT2D eigenvalue weighted by Gasteiger charge is -2.33. The van der Waals surface area contributed by atoms with E-state index < -0.39 is 5.54 Å². The largest absolute Gasteiger partial charge is 0.394 e. The van der Waals surface area contributed by atoms with Crippen LogP contribution in [0.1, 0.15) is 32.8 Å². The zero-order chi connectivity index (χ0) is 15.2. The highest BCUT2D eigenvalue weighted by Crippen LogP contribution is 2.13. The van der Waals surface area contributed by atoms with Crippen LogP contribution in [0.2, 0.25) is 0 Å². The molecule has 4 nitrogen and oxygen atoms in total. The Labute approximate surface area is 121 Å². The second-order valence-electron chi connectivity index (χ2n) is 5.82. The zero-order valence-corrected chi connectivity index (χ0v) is 12.9. The third kappa shape index (κ3) is 4.94. The SMILES string of the molecule is CCCc1ccc(NC(=O)CN(C)C(C)(C)CO)cc1. The maximum absolute atomic E-state index is 12.0. The monoisotopic (exact) mass is 278 g/mol. The van der Waals surface area contributed by atoms with E-state index in [0.717, 1.165) is 18.5 Å². The van der Waals surface area contributed by atoms with Crippen LogP contribution < -0.4 is 5.32 Å². The number of carbonyl (C=O) groups is 1. The quantitative estimate of drug-likeness (QED) is 0.804. The van der Waals surface area contributed by atoms with E-state index in [0.29, 0.717) is 0 Å². The van der Waals surface area contributed by atoms with Gasteiger partial charge in [-0.15, -0.1) is 0 Å². The van der Waals surface area contributed by atoms with Gasteiger partial charge in [-0.1, -0.05) is 25.5 Å². The van der Waals surface area contributed by atoms with Crippen LogP contribution >= 0.6 is 0 Å². The Morgan fingerprint density at radius 2 is 1.90 bits per heavy atom. The first-order chi connectivity index (χ1) is 9.39. The topological polar surface area (TPSA) is 52.6 Å². The molecule has 0 fully saturated rings. The molecular formula is C16H26N2O2. The first-order valence-electron chi connectivity index (χ1n) is 7.10. The fourth-order valence-corrected chi connectivity index (χ4v) is 1.79. The minimum atomic E-state index is -0.400. The van der Waals surface area contributed by atoms with E-state index in [2.05, 4.69) is 12.2 Å². The number of aliphatic hydroxyl groups is 1. The molecule has 0 heterocycles. The highest BCUT2D eigenvalue weighted by Gasteiger charge is 2.24. The number of anilines is 1. The number of amides is 1. The number of rotatable bonds is 7. The molecule has 4 heteroatoms. The number of hydrogen-bond acceptors (Lipinski definition) is 3. The number of hydrogen-bond donors (Lipinski definition) is 2. The molecule has 2 N–H and O–H groups in total. The van der Waals surface area contributed by atoms with Gasteiger partial charge in [-0.3, -0.25) is 9.69 Å². The van der Waals surface area contributed by atoms with Gasteiger partial charge in [0.15, 0.2) is 0 Å². The van der Waals surface area contributed by atoms with Crippen LogP contribution in [0.5, 0.6) is 0 Å². The van der Waals surface area contributed by atoms with Crippen LogP contribution in [-0.4, -0.2) is 41.7 Å². The van der Waals surface area contributed by atoms with Crippen molar-refractivity contribution in [2.75, 3.05) is 25.5 Å². The fraction of sp³-hybridized carbons (Fsp3) is 0.562. The summed E-state index contributed by atoms with van der Waals surface area (Å²) in [5.74, 6) is -0.0720. The molecule has 0 atom stereocenters. The van der Waals surface area contributed by atoms with Crippen LogP contribution in [0.4, 0.5) is 5.69 Å². The molecule has 20 heavy (non-hydrogen) atoms. The van der Waals surface area contributed by atoms with Crippen molar-refractivity contribution in [1.29, 1.82) is 0 Å². The zero-order valence-electron chi connectivity index (χ0n) is 12.9. The predicted octanol–water partition coefficient (Wildman–Crippen LogP) is 2.28. The van der Waals surface area contributed by atoms with Crippen molar-refractivity contribution in [3.63, 3.8) is 0 Å². The Morgan fingerprint density at radius 1 is 1.30 bits per heavy atom. The summed E-state index contributed by atoms with van der Waals surface area (Å²) in [5.41, 5.74) is 1.69. The molecule has 0 saturated carbocycles. The van der Waals surface area contributed by atoms with E-state index in [1.54, 1.807) is 0 Å². The molecule has 0 aliphatic carbocycles. The smallest absolute Gasteiger partial charge is 0.238 e. The highest BCUT2D eigenvalue weighted by molar-refractivity contribution is 5.92.